The zero-order valence-electron chi connectivity index (χ0n) is 14.7. The lowest BCUT2D eigenvalue weighted by Gasteiger charge is -2.13. The van der Waals surface area contributed by atoms with Crippen molar-refractivity contribution in [3.63, 3.8) is 0 Å². The summed E-state index contributed by atoms with van der Waals surface area (Å²) in [6.07, 6.45) is 0. The average molecular weight is 408 g/mol. The Morgan fingerprint density at radius 1 is 1.24 bits per heavy atom. The summed E-state index contributed by atoms with van der Waals surface area (Å²) in [4.78, 5) is 12.1. The van der Waals surface area contributed by atoms with Crippen molar-refractivity contribution in [2.24, 2.45) is 0 Å². The van der Waals surface area contributed by atoms with Gasteiger partial charge in [0.2, 0.25) is 0 Å². The summed E-state index contributed by atoms with van der Waals surface area (Å²) in [6.45, 7) is 4.98. The highest BCUT2D eigenvalue weighted by atomic mass is 79.9. The Morgan fingerprint density at radius 2 is 1.96 bits per heavy atom. The van der Waals surface area contributed by atoms with E-state index in [1.165, 1.54) is 0 Å². The quantitative estimate of drug-likeness (QED) is 0.706. The molecule has 2 aromatic carbocycles. The highest BCUT2D eigenvalue weighted by Gasteiger charge is 2.13. The van der Waals surface area contributed by atoms with Gasteiger partial charge in [-0.05, 0) is 72.2 Å². The number of nitrogens with one attached hydrogen (secondary N) is 1. The Balaban J connectivity index is 1.85. The van der Waals surface area contributed by atoms with Gasteiger partial charge in [-0.2, -0.15) is 0 Å². The predicted octanol–water partition coefficient (Wildman–Crippen LogP) is 3.12. The summed E-state index contributed by atoms with van der Waals surface area (Å²) in [5.41, 5.74) is 1.89. The fourth-order valence-corrected chi connectivity index (χ4v) is 2.96. The first-order valence-electron chi connectivity index (χ1n) is 8.23. The zero-order chi connectivity index (χ0) is 18.2. The van der Waals surface area contributed by atoms with Crippen molar-refractivity contribution in [3.05, 3.63) is 52.5 Å². The molecule has 0 aromatic heterocycles. The first-order chi connectivity index (χ1) is 12.0. The minimum absolute atomic E-state index is 0.0383. The molecule has 2 rings (SSSR count). The number of nitrogens with two attached hydrogens (primary N) is 1. The molecule has 5 nitrogen and oxygen atoms in total. The number of rotatable bonds is 8. The molecule has 3 N–H and O–H groups in total. The minimum atomic E-state index is -0.0383. The van der Waals surface area contributed by atoms with E-state index < -0.39 is 0 Å². The molecule has 134 valence electrons. The summed E-state index contributed by atoms with van der Waals surface area (Å²) in [5, 5.41) is 4.89. The van der Waals surface area contributed by atoms with Gasteiger partial charge < -0.3 is 20.1 Å². The number of hydrogen-bond donors (Lipinski definition) is 2. The van der Waals surface area contributed by atoms with Crippen molar-refractivity contribution in [1.29, 1.82) is 0 Å². The fourth-order valence-electron chi connectivity index (χ4n) is 2.40. The van der Waals surface area contributed by atoms with Crippen LogP contribution in [0.25, 0.3) is 0 Å². The van der Waals surface area contributed by atoms with Gasteiger partial charge >= 0.3 is 0 Å². The number of anilines is 1. The lowest BCUT2D eigenvalue weighted by molar-refractivity contribution is -0.682. The van der Waals surface area contributed by atoms with Crippen LogP contribution in [0.3, 0.4) is 0 Å². The van der Waals surface area contributed by atoms with Crippen molar-refractivity contribution in [2.75, 3.05) is 25.6 Å². The highest BCUT2D eigenvalue weighted by Crippen LogP contribution is 2.27. The van der Waals surface area contributed by atoms with E-state index in [0.717, 1.165) is 27.2 Å². The molecule has 0 aliphatic rings. The van der Waals surface area contributed by atoms with Crippen LogP contribution in [0.1, 0.15) is 25.5 Å². The number of ether oxygens (including phenoxy) is 2. The van der Waals surface area contributed by atoms with Crippen LogP contribution in [0.4, 0.5) is 5.69 Å². The van der Waals surface area contributed by atoms with Crippen LogP contribution in [0.15, 0.2) is 46.9 Å². The van der Waals surface area contributed by atoms with Gasteiger partial charge in [-0.15, -0.1) is 0 Å². The molecular weight excluding hydrogens is 384 g/mol. The monoisotopic (exact) mass is 407 g/mol. The molecule has 1 amide bonds. The van der Waals surface area contributed by atoms with E-state index in [2.05, 4.69) is 28.2 Å². The molecule has 0 bridgehead atoms. The summed E-state index contributed by atoms with van der Waals surface area (Å²) >= 11 is 3.49. The van der Waals surface area contributed by atoms with E-state index in [0.29, 0.717) is 13.2 Å². The van der Waals surface area contributed by atoms with E-state index in [1.54, 1.807) is 7.11 Å². The zero-order valence-corrected chi connectivity index (χ0v) is 16.3. The normalized spacial score (nSPS) is 11.7. The van der Waals surface area contributed by atoms with Crippen molar-refractivity contribution >= 4 is 27.5 Å². The third-order valence-corrected chi connectivity index (χ3v) is 4.43. The van der Waals surface area contributed by atoms with Gasteiger partial charge in [0, 0.05) is 11.3 Å². The number of benzene rings is 2. The molecule has 0 radical (unpaired) electrons. The fraction of sp³-hybridized carbons (Fsp3) is 0.316. The Kier molecular flexibility index (Phi) is 7.28. The second-order valence-electron chi connectivity index (χ2n) is 5.63. The molecular formula is C19H24BrN2O3+. The molecule has 0 unspecified atom stereocenters. The number of quaternary nitrogens is 1. The van der Waals surface area contributed by atoms with Gasteiger partial charge in [0.1, 0.15) is 17.5 Å². The van der Waals surface area contributed by atoms with Crippen LogP contribution in [-0.4, -0.2) is 26.2 Å². The van der Waals surface area contributed by atoms with E-state index >= 15 is 0 Å². The summed E-state index contributed by atoms with van der Waals surface area (Å²) in [5.74, 6) is 1.55. The van der Waals surface area contributed by atoms with Gasteiger partial charge in [-0.1, -0.05) is 0 Å². The Labute approximate surface area is 156 Å². The number of amides is 1. The molecule has 0 aliphatic heterocycles. The van der Waals surface area contributed by atoms with Gasteiger partial charge in [0.15, 0.2) is 6.54 Å². The van der Waals surface area contributed by atoms with E-state index in [1.807, 2.05) is 54.7 Å². The van der Waals surface area contributed by atoms with Crippen molar-refractivity contribution < 1.29 is 19.6 Å². The second-order valence-corrected chi connectivity index (χ2v) is 6.48. The lowest BCUT2D eigenvalue weighted by atomic mass is 10.1. The number of carbonyl (C=O) groups excluding carboxylic acids is 1. The smallest absolute Gasteiger partial charge is 0.279 e. The van der Waals surface area contributed by atoms with Crippen LogP contribution >= 0.6 is 15.9 Å². The Morgan fingerprint density at radius 3 is 2.56 bits per heavy atom. The molecule has 0 saturated heterocycles. The third-order valence-electron chi connectivity index (χ3n) is 3.81. The largest absolute Gasteiger partial charge is 0.496 e. The van der Waals surface area contributed by atoms with E-state index in [9.17, 15) is 4.79 Å². The topological polar surface area (TPSA) is 64.2 Å². The minimum Gasteiger partial charge on any atom is -0.496 e. The molecule has 0 aliphatic carbocycles. The first-order valence-corrected chi connectivity index (χ1v) is 9.02. The molecule has 0 fully saturated rings. The predicted molar refractivity (Wildman–Crippen MR) is 102 cm³/mol. The SMILES string of the molecule is CCOc1ccc(NC(=O)C[NH2+][C@@H](C)c2ccc(OC)c(Br)c2)cc1. The highest BCUT2D eigenvalue weighted by molar-refractivity contribution is 9.10. The van der Waals surface area contributed by atoms with Gasteiger partial charge in [0.25, 0.3) is 5.91 Å². The van der Waals surface area contributed by atoms with Crippen molar-refractivity contribution in [1.82, 2.24) is 0 Å². The van der Waals surface area contributed by atoms with E-state index in [4.69, 9.17) is 9.47 Å². The second kappa shape index (κ2) is 9.44. The summed E-state index contributed by atoms with van der Waals surface area (Å²) < 4.78 is 11.5. The standard InChI is InChI=1S/C19H23BrN2O3/c1-4-25-16-8-6-15(7-9-16)22-19(23)12-21-13(2)14-5-10-18(24-3)17(20)11-14/h5-11,13,21H,4,12H2,1-3H3,(H,22,23)/p+1/t13-/m0/s1. The molecule has 1 atom stereocenters. The Hall–Kier alpha value is -2.05. The van der Waals surface area contributed by atoms with E-state index in [-0.39, 0.29) is 11.9 Å². The maximum Gasteiger partial charge on any atom is 0.279 e. The summed E-state index contributed by atoms with van der Waals surface area (Å²) in [7, 11) is 1.64. The van der Waals surface area contributed by atoms with Crippen LogP contribution in [0.2, 0.25) is 0 Å². The number of hydrogen-bond acceptors (Lipinski definition) is 3. The molecule has 0 heterocycles. The molecule has 0 saturated carbocycles. The first kappa shape index (κ1) is 19.3. The van der Waals surface area contributed by atoms with Crippen LogP contribution in [0.5, 0.6) is 11.5 Å². The molecule has 2 aromatic rings. The van der Waals surface area contributed by atoms with Crippen molar-refractivity contribution in [2.45, 2.75) is 19.9 Å². The summed E-state index contributed by atoms with van der Waals surface area (Å²) in [6, 6.07) is 13.5. The maximum absolute atomic E-state index is 12.1. The maximum atomic E-state index is 12.1. The van der Waals surface area contributed by atoms with Crippen LogP contribution < -0.4 is 20.1 Å². The third kappa shape index (κ3) is 5.76. The number of methoxy groups -OCH3 is 1. The average Bonchev–Trinajstić information content (AvgIpc) is 2.61. The van der Waals surface area contributed by atoms with Gasteiger partial charge in [-0.25, -0.2) is 0 Å². The van der Waals surface area contributed by atoms with Gasteiger partial charge in [-0.3, -0.25) is 4.79 Å². The van der Waals surface area contributed by atoms with Gasteiger partial charge in [0.05, 0.1) is 18.2 Å². The van der Waals surface area contributed by atoms with Crippen LogP contribution in [-0.2, 0) is 4.79 Å². The molecule has 0 spiro atoms. The molecule has 6 heteroatoms. The number of carbonyl (C=O) groups is 1. The van der Waals surface area contributed by atoms with Crippen molar-refractivity contribution in [3.8, 4) is 11.5 Å². The number of halogens is 1. The Bertz CT molecular complexity index is 704. The van der Waals surface area contributed by atoms with Crippen LogP contribution in [0, 0.1) is 0 Å². The molecule has 25 heavy (non-hydrogen) atoms. The lowest BCUT2D eigenvalue weighted by Crippen LogP contribution is -2.86.